The molecular weight excluding hydrogens is 311 g/mol. The first-order valence-electron chi connectivity index (χ1n) is 6.97. The number of ether oxygens (including phenoxy) is 1. The SMILES string of the molecule is CCCNC(=O)CN(CC)S(=O)(=O)c1cc(F)ccc1OC. The minimum Gasteiger partial charge on any atom is -0.495 e. The molecule has 0 radical (unpaired) electrons. The van der Waals surface area contributed by atoms with Crippen molar-refractivity contribution < 1.29 is 22.3 Å². The van der Waals surface area contributed by atoms with Crippen molar-refractivity contribution in [2.45, 2.75) is 25.2 Å². The smallest absolute Gasteiger partial charge is 0.247 e. The van der Waals surface area contributed by atoms with Crippen molar-refractivity contribution in [3.8, 4) is 5.75 Å². The van der Waals surface area contributed by atoms with Gasteiger partial charge in [0, 0.05) is 13.1 Å². The number of carbonyl (C=O) groups excluding carboxylic acids is 1. The highest BCUT2D eigenvalue weighted by Crippen LogP contribution is 2.27. The molecule has 0 aromatic heterocycles. The van der Waals surface area contributed by atoms with Gasteiger partial charge in [-0.25, -0.2) is 12.8 Å². The molecule has 0 spiro atoms. The van der Waals surface area contributed by atoms with Crippen LogP contribution in [0.4, 0.5) is 4.39 Å². The summed E-state index contributed by atoms with van der Waals surface area (Å²) in [6, 6.07) is 3.25. The van der Waals surface area contributed by atoms with Gasteiger partial charge in [-0.15, -0.1) is 0 Å². The number of methoxy groups -OCH3 is 1. The number of hydrogen-bond acceptors (Lipinski definition) is 4. The van der Waals surface area contributed by atoms with Crippen molar-refractivity contribution in [3.05, 3.63) is 24.0 Å². The highest BCUT2D eigenvalue weighted by atomic mass is 32.2. The van der Waals surface area contributed by atoms with Crippen LogP contribution in [-0.4, -0.2) is 45.4 Å². The maximum absolute atomic E-state index is 13.4. The van der Waals surface area contributed by atoms with E-state index in [2.05, 4.69) is 5.32 Å². The van der Waals surface area contributed by atoms with Gasteiger partial charge in [0.1, 0.15) is 16.5 Å². The zero-order valence-corrected chi connectivity index (χ0v) is 13.7. The molecule has 0 aliphatic rings. The summed E-state index contributed by atoms with van der Waals surface area (Å²) in [6.45, 7) is 3.74. The number of halogens is 1. The lowest BCUT2D eigenvalue weighted by Crippen LogP contribution is -2.40. The van der Waals surface area contributed by atoms with E-state index in [4.69, 9.17) is 4.74 Å². The van der Waals surface area contributed by atoms with Gasteiger partial charge in [-0.2, -0.15) is 4.31 Å². The number of rotatable bonds is 8. The number of carbonyl (C=O) groups is 1. The number of hydrogen-bond donors (Lipinski definition) is 1. The summed E-state index contributed by atoms with van der Waals surface area (Å²) in [5, 5.41) is 2.61. The Morgan fingerprint density at radius 3 is 2.59 bits per heavy atom. The molecular formula is C14H21FN2O4S. The van der Waals surface area contributed by atoms with Crippen LogP contribution in [0.1, 0.15) is 20.3 Å². The molecule has 1 aromatic carbocycles. The quantitative estimate of drug-likeness (QED) is 0.780. The fraction of sp³-hybridized carbons (Fsp3) is 0.500. The van der Waals surface area contributed by atoms with Crippen molar-refractivity contribution in [3.63, 3.8) is 0 Å². The highest BCUT2D eigenvalue weighted by molar-refractivity contribution is 7.89. The molecule has 1 N–H and O–H groups in total. The molecule has 6 nitrogen and oxygen atoms in total. The van der Waals surface area contributed by atoms with Gasteiger partial charge in [-0.3, -0.25) is 4.79 Å². The summed E-state index contributed by atoms with van der Waals surface area (Å²) in [7, 11) is -2.73. The largest absolute Gasteiger partial charge is 0.495 e. The van der Waals surface area contributed by atoms with Crippen molar-refractivity contribution in [2.75, 3.05) is 26.7 Å². The van der Waals surface area contributed by atoms with Crippen molar-refractivity contribution in [1.29, 1.82) is 0 Å². The first-order chi connectivity index (χ1) is 10.4. The Bertz CT molecular complexity index is 619. The lowest BCUT2D eigenvalue weighted by Gasteiger charge is -2.21. The number of likely N-dealkylation sites (N-methyl/N-ethyl adjacent to an activating group) is 1. The van der Waals surface area contributed by atoms with Gasteiger partial charge in [0.05, 0.1) is 13.7 Å². The molecule has 0 saturated heterocycles. The molecule has 8 heteroatoms. The second-order valence-electron chi connectivity index (χ2n) is 4.58. The van der Waals surface area contributed by atoms with Crippen LogP contribution in [0.2, 0.25) is 0 Å². The average Bonchev–Trinajstić information content (AvgIpc) is 2.50. The fourth-order valence-electron chi connectivity index (χ4n) is 1.84. The summed E-state index contributed by atoms with van der Waals surface area (Å²) in [4.78, 5) is 11.5. The standard InChI is InChI=1S/C14H21FN2O4S/c1-4-8-16-14(18)10-17(5-2)22(19,20)13-9-11(15)6-7-12(13)21-3/h6-7,9H,4-5,8,10H2,1-3H3,(H,16,18). The van der Waals surface area contributed by atoms with E-state index < -0.39 is 21.7 Å². The number of sulfonamides is 1. The maximum Gasteiger partial charge on any atom is 0.247 e. The summed E-state index contributed by atoms with van der Waals surface area (Å²) in [5.74, 6) is -1.05. The van der Waals surface area contributed by atoms with Crippen LogP contribution in [-0.2, 0) is 14.8 Å². The second-order valence-corrected chi connectivity index (χ2v) is 6.48. The molecule has 0 fully saturated rings. The van der Waals surface area contributed by atoms with Crippen LogP contribution in [0.25, 0.3) is 0 Å². The molecule has 0 atom stereocenters. The number of amides is 1. The molecule has 1 rings (SSSR count). The Labute approximate surface area is 130 Å². The van der Waals surface area contributed by atoms with Gasteiger partial charge in [0.15, 0.2) is 0 Å². The predicted molar refractivity (Wildman–Crippen MR) is 80.7 cm³/mol. The Hall–Kier alpha value is -1.67. The van der Waals surface area contributed by atoms with E-state index in [1.165, 1.54) is 13.2 Å². The molecule has 1 aromatic rings. The molecule has 22 heavy (non-hydrogen) atoms. The highest BCUT2D eigenvalue weighted by Gasteiger charge is 2.28. The van der Waals surface area contributed by atoms with Gasteiger partial charge in [0.25, 0.3) is 0 Å². The third-order valence-corrected chi connectivity index (χ3v) is 4.93. The number of benzene rings is 1. The predicted octanol–water partition coefficient (Wildman–Crippen LogP) is 1.37. The van der Waals surface area contributed by atoms with Crippen molar-refractivity contribution in [1.82, 2.24) is 9.62 Å². The van der Waals surface area contributed by atoms with Crippen molar-refractivity contribution in [2.24, 2.45) is 0 Å². The van der Waals surface area contributed by atoms with E-state index >= 15 is 0 Å². The van der Waals surface area contributed by atoms with E-state index in [0.717, 1.165) is 22.9 Å². The Morgan fingerprint density at radius 2 is 2.05 bits per heavy atom. The lowest BCUT2D eigenvalue weighted by molar-refractivity contribution is -0.121. The van der Waals surface area contributed by atoms with Crippen molar-refractivity contribution >= 4 is 15.9 Å². The normalized spacial score (nSPS) is 11.5. The van der Waals surface area contributed by atoms with E-state index in [1.54, 1.807) is 6.92 Å². The molecule has 0 heterocycles. The third-order valence-electron chi connectivity index (χ3n) is 2.99. The molecule has 124 valence electrons. The van der Waals surface area contributed by atoms with Crippen LogP contribution in [0.15, 0.2) is 23.1 Å². The maximum atomic E-state index is 13.4. The van der Waals surface area contributed by atoms with E-state index in [1.807, 2.05) is 6.92 Å². The monoisotopic (exact) mass is 332 g/mol. The third kappa shape index (κ3) is 4.41. The average molecular weight is 332 g/mol. The number of nitrogens with one attached hydrogen (secondary N) is 1. The zero-order valence-electron chi connectivity index (χ0n) is 12.9. The van der Waals surface area contributed by atoms with Gasteiger partial charge < -0.3 is 10.1 Å². The van der Waals surface area contributed by atoms with E-state index in [0.29, 0.717) is 6.54 Å². The van der Waals surface area contributed by atoms with Crippen LogP contribution in [0.3, 0.4) is 0 Å². The lowest BCUT2D eigenvalue weighted by atomic mass is 10.3. The van der Waals surface area contributed by atoms with Gasteiger partial charge in [-0.05, 0) is 24.6 Å². The second kappa shape index (κ2) is 8.09. The van der Waals surface area contributed by atoms with Crippen LogP contribution in [0, 0.1) is 5.82 Å². The van der Waals surface area contributed by atoms with Gasteiger partial charge in [-0.1, -0.05) is 13.8 Å². The minimum atomic E-state index is -4.03. The molecule has 1 amide bonds. The summed E-state index contributed by atoms with van der Waals surface area (Å²) in [5.41, 5.74) is 0. The Morgan fingerprint density at radius 1 is 1.36 bits per heavy atom. The first-order valence-corrected chi connectivity index (χ1v) is 8.41. The molecule has 0 unspecified atom stereocenters. The number of nitrogens with zero attached hydrogens (tertiary/aromatic N) is 1. The Balaban J connectivity index is 3.09. The van der Waals surface area contributed by atoms with Crippen LogP contribution in [0.5, 0.6) is 5.75 Å². The molecule has 0 aliphatic carbocycles. The summed E-state index contributed by atoms with van der Waals surface area (Å²) < 4.78 is 44.6. The topological polar surface area (TPSA) is 75.7 Å². The summed E-state index contributed by atoms with van der Waals surface area (Å²) in [6.07, 6.45) is 0.752. The first kappa shape index (κ1) is 18.4. The van der Waals surface area contributed by atoms with Crippen LogP contribution < -0.4 is 10.1 Å². The molecule has 0 aliphatic heterocycles. The van der Waals surface area contributed by atoms with E-state index in [-0.39, 0.29) is 23.7 Å². The summed E-state index contributed by atoms with van der Waals surface area (Å²) >= 11 is 0. The Kier molecular flexibility index (Phi) is 6.76. The molecule has 0 bridgehead atoms. The van der Waals surface area contributed by atoms with Gasteiger partial charge in [0.2, 0.25) is 15.9 Å². The zero-order chi connectivity index (χ0) is 16.8. The van der Waals surface area contributed by atoms with Gasteiger partial charge >= 0.3 is 0 Å². The van der Waals surface area contributed by atoms with E-state index in [9.17, 15) is 17.6 Å². The molecule has 0 saturated carbocycles. The van der Waals surface area contributed by atoms with Crippen LogP contribution >= 0.6 is 0 Å². The fourth-order valence-corrected chi connectivity index (χ4v) is 3.41. The minimum absolute atomic E-state index is 0.0359.